The molecule has 2 aliphatic heterocycles. The van der Waals surface area contributed by atoms with Gasteiger partial charge in [0, 0.05) is 19.2 Å². The first kappa shape index (κ1) is 14.5. The molecule has 2 aliphatic rings. The van der Waals surface area contributed by atoms with Crippen molar-refractivity contribution >= 4 is 0 Å². The Labute approximate surface area is 134 Å². The number of hydrogen-bond acceptors (Lipinski definition) is 6. The lowest BCUT2D eigenvalue weighted by molar-refractivity contribution is -0.0292. The van der Waals surface area contributed by atoms with E-state index < -0.39 is 5.60 Å². The van der Waals surface area contributed by atoms with Crippen LogP contribution in [0.2, 0.25) is 0 Å². The highest BCUT2D eigenvalue weighted by Gasteiger charge is 2.37. The highest BCUT2D eigenvalue weighted by Crippen LogP contribution is 2.35. The molecule has 0 unspecified atom stereocenters. The SMILES string of the molecule is CN1CCC(O)(c2ncnn2-c2ccc3c(c2)OCCO3)CC1. The fraction of sp³-hybridized carbons (Fsp3) is 0.500. The maximum Gasteiger partial charge on any atom is 0.164 e. The topological polar surface area (TPSA) is 72.6 Å². The number of hydrogen-bond donors (Lipinski definition) is 1. The third-order valence-electron chi connectivity index (χ3n) is 4.55. The second-order valence-corrected chi connectivity index (χ2v) is 6.16. The summed E-state index contributed by atoms with van der Waals surface area (Å²) < 4.78 is 12.9. The molecule has 1 aromatic heterocycles. The van der Waals surface area contributed by atoms with Crippen LogP contribution in [-0.2, 0) is 5.60 Å². The van der Waals surface area contributed by atoms with Gasteiger partial charge in [0.2, 0.25) is 0 Å². The molecule has 1 aromatic carbocycles. The van der Waals surface area contributed by atoms with E-state index in [0.29, 0.717) is 37.6 Å². The number of rotatable bonds is 2. The smallest absolute Gasteiger partial charge is 0.164 e. The van der Waals surface area contributed by atoms with Gasteiger partial charge >= 0.3 is 0 Å². The third kappa shape index (κ3) is 2.55. The number of aromatic nitrogens is 3. The minimum Gasteiger partial charge on any atom is -0.486 e. The fourth-order valence-electron chi connectivity index (χ4n) is 3.12. The summed E-state index contributed by atoms with van der Waals surface area (Å²) in [5.74, 6) is 2.02. The molecule has 4 rings (SSSR count). The average Bonchev–Trinajstić information content (AvgIpc) is 3.08. The average molecular weight is 316 g/mol. The van der Waals surface area contributed by atoms with Gasteiger partial charge in [0.25, 0.3) is 0 Å². The highest BCUT2D eigenvalue weighted by molar-refractivity contribution is 5.49. The molecule has 1 N–H and O–H groups in total. The lowest BCUT2D eigenvalue weighted by Gasteiger charge is -2.35. The van der Waals surface area contributed by atoms with Crippen LogP contribution in [-0.4, -0.2) is 58.1 Å². The van der Waals surface area contributed by atoms with Gasteiger partial charge in [-0.15, -0.1) is 0 Å². The van der Waals surface area contributed by atoms with E-state index in [-0.39, 0.29) is 0 Å². The van der Waals surface area contributed by atoms with Crippen molar-refractivity contribution in [3.8, 4) is 17.2 Å². The first-order valence-corrected chi connectivity index (χ1v) is 7.87. The molecule has 0 atom stereocenters. The van der Waals surface area contributed by atoms with Gasteiger partial charge in [0.1, 0.15) is 25.1 Å². The molecule has 0 bridgehead atoms. The number of likely N-dealkylation sites (tertiary alicyclic amines) is 1. The molecule has 0 spiro atoms. The number of fused-ring (bicyclic) bond motifs is 1. The van der Waals surface area contributed by atoms with Crippen molar-refractivity contribution < 1.29 is 14.6 Å². The van der Waals surface area contributed by atoms with Crippen molar-refractivity contribution in [2.75, 3.05) is 33.4 Å². The second-order valence-electron chi connectivity index (χ2n) is 6.16. The van der Waals surface area contributed by atoms with E-state index in [0.717, 1.165) is 24.5 Å². The molecule has 7 nitrogen and oxygen atoms in total. The van der Waals surface area contributed by atoms with E-state index in [4.69, 9.17) is 9.47 Å². The molecule has 0 saturated carbocycles. The summed E-state index contributed by atoms with van der Waals surface area (Å²) in [5.41, 5.74) is -0.134. The Balaban J connectivity index is 1.70. The van der Waals surface area contributed by atoms with Gasteiger partial charge in [-0.25, -0.2) is 9.67 Å². The van der Waals surface area contributed by atoms with Gasteiger partial charge in [-0.2, -0.15) is 5.10 Å². The Morgan fingerprint density at radius 1 is 1.13 bits per heavy atom. The molecular formula is C16H20N4O3. The van der Waals surface area contributed by atoms with Crippen molar-refractivity contribution in [1.29, 1.82) is 0 Å². The minimum atomic E-state index is -0.948. The summed E-state index contributed by atoms with van der Waals surface area (Å²) in [6.07, 6.45) is 2.78. The molecule has 23 heavy (non-hydrogen) atoms. The standard InChI is InChI=1S/C16H20N4O3/c1-19-6-4-16(21,5-7-19)15-17-11-18-20(15)12-2-3-13-14(10-12)23-9-8-22-13/h2-3,10-11,21H,4-9H2,1H3. The van der Waals surface area contributed by atoms with Crippen LogP contribution in [0.5, 0.6) is 11.5 Å². The van der Waals surface area contributed by atoms with E-state index in [1.807, 2.05) is 18.2 Å². The number of ether oxygens (including phenoxy) is 2. The number of piperidine rings is 1. The molecule has 1 fully saturated rings. The van der Waals surface area contributed by atoms with Crippen LogP contribution in [0.15, 0.2) is 24.5 Å². The van der Waals surface area contributed by atoms with Gasteiger partial charge in [-0.3, -0.25) is 0 Å². The predicted octanol–water partition coefficient (Wildman–Crippen LogP) is 0.952. The normalized spacial score (nSPS) is 20.4. The molecule has 7 heteroatoms. The minimum absolute atomic E-state index is 0.539. The quantitative estimate of drug-likeness (QED) is 0.889. The van der Waals surface area contributed by atoms with Gasteiger partial charge in [0.05, 0.1) is 5.69 Å². The van der Waals surface area contributed by atoms with Crippen molar-refractivity contribution in [1.82, 2.24) is 19.7 Å². The zero-order valence-corrected chi connectivity index (χ0v) is 13.1. The molecule has 0 aliphatic carbocycles. The van der Waals surface area contributed by atoms with Gasteiger partial charge in [-0.1, -0.05) is 0 Å². The Bertz CT molecular complexity index is 707. The van der Waals surface area contributed by atoms with Gasteiger partial charge in [0.15, 0.2) is 17.3 Å². The molecular weight excluding hydrogens is 296 g/mol. The van der Waals surface area contributed by atoms with Crippen molar-refractivity contribution in [2.45, 2.75) is 18.4 Å². The molecule has 0 radical (unpaired) electrons. The van der Waals surface area contributed by atoms with Crippen molar-refractivity contribution in [2.24, 2.45) is 0 Å². The molecule has 0 amide bonds. The van der Waals surface area contributed by atoms with Crippen LogP contribution in [0.25, 0.3) is 5.69 Å². The summed E-state index contributed by atoms with van der Waals surface area (Å²) >= 11 is 0. The maximum atomic E-state index is 11.0. The lowest BCUT2D eigenvalue weighted by Crippen LogP contribution is -2.42. The number of nitrogens with zero attached hydrogens (tertiary/aromatic N) is 4. The summed E-state index contributed by atoms with van der Waals surface area (Å²) in [5, 5.41) is 15.3. The van der Waals surface area contributed by atoms with Crippen LogP contribution >= 0.6 is 0 Å². The van der Waals surface area contributed by atoms with Crippen LogP contribution in [0, 0.1) is 0 Å². The summed E-state index contributed by atoms with van der Waals surface area (Å²) in [7, 11) is 2.06. The number of benzene rings is 1. The molecule has 1 saturated heterocycles. The van der Waals surface area contributed by atoms with Crippen LogP contribution in [0.4, 0.5) is 0 Å². The van der Waals surface area contributed by atoms with Crippen LogP contribution in [0.1, 0.15) is 18.7 Å². The highest BCUT2D eigenvalue weighted by atomic mass is 16.6. The fourth-order valence-corrected chi connectivity index (χ4v) is 3.12. The van der Waals surface area contributed by atoms with E-state index >= 15 is 0 Å². The Hall–Kier alpha value is -2.12. The zero-order valence-electron chi connectivity index (χ0n) is 13.1. The van der Waals surface area contributed by atoms with E-state index in [2.05, 4.69) is 22.0 Å². The van der Waals surface area contributed by atoms with Crippen molar-refractivity contribution in [3.05, 3.63) is 30.4 Å². The van der Waals surface area contributed by atoms with E-state index in [1.165, 1.54) is 6.33 Å². The Kier molecular flexibility index (Phi) is 3.46. The zero-order chi connectivity index (χ0) is 15.9. The van der Waals surface area contributed by atoms with Crippen molar-refractivity contribution in [3.63, 3.8) is 0 Å². The van der Waals surface area contributed by atoms with Crippen LogP contribution < -0.4 is 9.47 Å². The van der Waals surface area contributed by atoms with E-state index in [9.17, 15) is 5.11 Å². The van der Waals surface area contributed by atoms with Gasteiger partial charge < -0.3 is 19.5 Å². The second kappa shape index (κ2) is 5.50. The molecule has 3 heterocycles. The predicted molar refractivity (Wildman–Crippen MR) is 83.0 cm³/mol. The van der Waals surface area contributed by atoms with Gasteiger partial charge in [-0.05, 0) is 32.0 Å². The molecule has 2 aromatic rings. The molecule has 122 valence electrons. The largest absolute Gasteiger partial charge is 0.486 e. The first-order chi connectivity index (χ1) is 11.2. The van der Waals surface area contributed by atoms with E-state index in [1.54, 1.807) is 4.68 Å². The summed E-state index contributed by atoms with van der Waals surface area (Å²) in [4.78, 5) is 6.54. The maximum absolute atomic E-state index is 11.0. The summed E-state index contributed by atoms with van der Waals surface area (Å²) in [6.45, 7) is 2.78. The first-order valence-electron chi connectivity index (χ1n) is 7.87. The lowest BCUT2D eigenvalue weighted by atomic mass is 9.90. The Morgan fingerprint density at radius 2 is 1.87 bits per heavy atom. The number of aliphatic hydroxyl groups is 1. The van der Waals surface area contributed by atoms with Crippen LogP contribution in [0.3, 0.4) is 0 Å². The third-order valence-corrected chi connectivity index (χ3v) is 4.55. The monoisotopic (exact) mass is 316 g/mol. The summed E-state index contributed by atoms with van der Waals surface area (Å²) in [6, 6.07) is 5.66. The Morgan fingerprint density at radius 3 is 2.65 bits per heavy atom.